The van der Waals surface area contributed by atoms with Crippen molar-refractivity contribution >= 4 is 5.97 Å². The lowest BCUT2D eigenvalue weighted by Crippen LogP contribution is -2.10. The Balaban J connectivity index is 1.72. The number of fused-ring (bicyclic) bond motifs is 1. The summed E-state index contributed by atoms with van der Waals surface area (Å²) in [7, 11) is 0. The Bertz CT molecular complexity index is 751. The molecule has 1 N–H and O–H groups in total. The third-order valence-corrected chi connectivity index (χ3v) is 4.95. The molecular weight excluding hydrogens is 328 g/mol. The molecule has 0 fully saturated rings. The first-order valence-corrected chi connectivity index (χ1v) is 9.33. The van der Waals surface area contributed by atoms with Gasteiger partial charge in [0.2, 0.25) is 0 Å². The Kier molecular flexibility index (Phi) is 5.94. The van der Waals surface area contributed by atoms with Gasteiger partial charge in [-0.05, 0) is 60.6 Å². The van der Waals surface area contributed by atoms with E-state index in [9.17, 15) is 4.79 Å². The molecule has 0 unspecified atom stereocenters. The first kappa shape index (κ1) is 18.5. The molecule has 138 valence electrons. The lowest BCUT2D eigenvalue weighted by Gasteiger charge is -2.18. The number of benzene rings is 2. The van der Waals surface area contributed by atoms with E-state index >= 15 is 0 Å². The van der Waals surface area contributed by atoms with Gasteiger partial charge in [-0.25, -0.2) is 0 Å². The number of aliphatic carboxylic acids is 1. The Morgan fingerprint density at radius 1 is 1.19 bits per heavy atom. The van der Waals surface area contributed by atoms with Gasteiger partial charge in [-0.1, -0.05) is 37.3 Å². The molecule has 0 saturated carbocycles. The minimum Gasteiger partial charge on any atom is -0.486 e. The van der Waals surface area contributed by atoms with Crippen LogP contribution in [-0.4, -0.2) is 17.7 Å². The zero-order valence-electron chi connectivity index (χ0n) is 15.4. The van der Waals surface area contributed by atoms with Crippen molar-refractivity contribution in [3.63, 3.8) is 0 Å². The molecule has 0 aromatic heterocycles. The normalized spacial score (nSPS) is 16.9. The molecule has 0 aliphatic heterocycles. The van der Waals surface area contributed by atoms with Crippen molar-refractivity contribution in [3.05, 3.63) is 64.7 Å². The predicted molar refractivity (Wildman–Crippen MR) is 101 cm³/mol. The highest BCUT2D eigenvalue weighted by Gasteiger charge is 2.25. The van der Waals surface area contributed by atoms with Crippen molar-refractivity contribution in [2.24, 2.45) is 0 Å². The molecule has 0 amide bonds. The molecule has 1 aliphatic carbocycles. The fourth-order valence-corrected chi connectivity index (χ4v) is 3.70. The van der Waals surface area contributed by atoms with Gasteiger partial charge in [-0.2, -0.15) is 0 Å². The van der Waals surface area contributed by atoms with Crippen molar-refractivity contribution in [2.75, 3.05) is 6.61 Å². The van der Waals surface area contributed by atoms with E-state index in [4.69, 9.17) is 14.6 Å². The van der Waals surface area contributed by atoms with E-state index in [0.29, 0.717) is 6.61 Å². The van der Waals surface area contributed by atoms with Crippen LogP contribution < -0.4 is 4.74 Å². The van der Waals surface area contributed by atoms with Gasteiger partial charge in [0.05, 0.1) is 12.5 Å². The number of aryl methyl sites for hydroxylation is 1. The van der Waals surface area contributed by atoms with Crippen LogP contribution in [0.15, 0.2) is 42.5 Å². The summed E-state index contributed by atoms with van der Waals surface area (Å²) in [5.74, 6) is -0.0582. The summed E-state index contributed by atoms with van der Waals surface area (Å²) in [4.78, 5) is 11.0. The Hall–Kier alpha value is -2.33. The summed E-state index contributed by atoms with van der Waals surface area (Å²) >= 11 is 0. The van der Waals surface area contributed by atoms with Gasteiger partial charge in [0.25, 0.3) is 0 Å². The van der Waals surface area contributed by atoms with Crippen molar-refractivity contribution in [1.82, 2.24) is 0 Å². The van der Waals surface area contributed by atoms with Crippen LogP contribution in [-0.2, 0) is 22.4 Å². The highest BCUT2D eigenvalue weighted by atomic mass is 16.5. The first-order chi connectivity index (χ1) is 12.6. The molecule has 2 aromatic rings. The third kappa shape index (κ3) is 4.07. The first-order valence-electron chi connectivity index (χ1n) is 9.33. The number of carboxylic acids is 1. The number of carboxylic acid groups (broad SMARTS) is 1. The van der Waals surface area contributed by atoms with Gasteiger partial charge in [-0.3, -0.25) is 4.79 Å². The fourth-order valence-electron chi connectivity index (χ4n) is 3.70. The van der Waals surface area contributed by atoms with Gasteiger partial charge in [0, 0.05) is 6.61 Å². The summed E-state index contributed by atoms with van der Waals surface area (Å²) in [6.07, 6.45) is 2.73. The topological polar surface area (TPSA) is 55.8 Å². The highest BCUT2D eigenvalue weighted by Crippen LogP contribution is 2.37. The van der Waals surface area contributed by atoms with Crippen LogP contribution in [0.25, 0.3) is 0 Å². The number of hydrogen-bond acceptors (Lipinski definition) is 3. The maximum Gasteiger partial charge on any atom is 0.306 e. The molecule has 0 bridgehead atoms. The predicted octanol–water partition coefficient (Wildman–Crippen LogP) is 4.87. The fraction of sp³-hybridized carbons (Fsp3) is 0.409. The van der Waals surface area contributed by atoms with Crippen LogP contribution in [0, 0.1) is 0 Å². The van der Waals surface area contributed by atoms with E-state index in [1.165, 1.54) is 16.7 Å². The average Bonchev–Trinajstić information content (AvgIpc) is 3.05. The molecule has 4 heteroatoms. The summed E-state index contributed by atoms with van der Waals surface area (Å²) in [6, 6.07) is 14.1. The molecule has 2 atom stereocenters. The smallest absolute Gasteiger partial charge is 0.306 e. The summed E-state index contributed by atoms with van der Waals surface area (Å²) < 4.78 is 11.8. The number of ether oxygens (including phenoxy) is 2. The zero-order valence-corrected chi connectivity index (χ0v) is 15.4. The monoisotopic (exact) mass is 354 g/mol. The molecule has 4 nitrogen and oxygen atoms in total. The van der Waals surface area contributed by atoms with Gasteiger partial charge in [0.15, 0.2) is 0 Å². The van der Waals surface area contributed by atoms with E-state index < -0.39 is 12.1 Å². The standard InChI is InChI=1S/C22H26O4/c1-3-15-6-5-7-19-18(15)12-13-20(19)26-17-10-8-16(9-11-17)21(25-4-2)14-22(23)24/h5-11,20-21H,3-4,12-14H2,1-2H3,(H,23,24)/t20-,21+/m1/s1. The van der Waals surface area contributed by atoms with Crippen molar-refractivity contribution in [3.8, 4) is 5.75 Å². The van der Waals surface area contributed by atoms with Crippen LogP contribution in [0.5, 0.6) is 5.75 Å². The third-order valence-electron chi connectivity index (χ3n) is 4.95. The average molecular weight is 354 g/mol. The molecule has 2 aromatic carbocycles. The number of rotatable bonds is 8. The van der Waals surface area contributed by atoms with E-state index in [0.717, 1.165) is 30.6 Å². The largest absolute Gasteiger partial charge is 0.486 e. The van der Waals surface area contributed by atoms with E-state index in [1.807, 2.05) is 31.2 Å². The van der Waals surface area contributed by atoms with Crippen LogP contribution in [0.1, 0.15) is 61.2 Å². The minimum atomic E-state index is -0.863. The van der Waals surface area contributed by atoms with Gasteiger partial charge in [0.1, 0.15) is 11.9 Å². The van der Waals surface area contributed by atoms with Crippen molar-refractivity contribution < 1.29 is 19.4 Å². The second-order valence-corrected chi connectivity index (χ2v) is 6.59. The molecule has 0 saturated heterocycles. The molecule has 1 aliphatic rings. The van der Waals surface area contributed by atoms with Crippen LogP contribution in [0.3, 0.4) is 0 Å². The Labute approximate surface area is 154 Å². The Morgan fingerprint density at radius 3 is 2.62 bits per heavy atom. The number of carbonyl (C=O) groups is 1. The van der Waals surface area contributed by atoms with Crippen molar-refractivity contribution in [1.29, 1.82) is 0 Å². The maximum absolute atomic E-state index is 11.0. The van der Waals surface area contributed by atoms with Gasteiger partial charge < -0.3 is 14.6 Å². The maximum atomic E-state index is 11.0. The van der Waals surface area contributed by atoms with E-state index in [2.05, 4.69) is 25.1 Å². The van der Waals surface area contributed by atoms with Crippen LogP contribution in [0.4, 0.5) is 0 Å². The lowest BCUT2D eigenvalue weighted by atomic mass is 10.0. The summed E-state index contributed by atoms with van der Waals surface area (Å²) in [5.41, 5.74) is 5.01. The molecule has 3 rings (SSSR count). The lowest BCUT2D eigenvalue weighted by molar-refractivity contribution is -0.140. The van der Waals surface area contributed by atoms with Gasteiger partial charge >= 0.3 is 5.97 Å². The molecule has 0 spiro atoms. The van der Waals surface area contributed by atoms with Crippen molar-refractivity contribution in [2.45, 2.75) is 51.7 Å². The van der Waals surface area contributed by atoms with E-state index in [1.54, 1.807) is 0 Å². The minimum absolute atomic E-state index is 0.0379. The molecular formula is C22H26O4. The Morgan fingerprint density at radius 2 is 1.96 bits per heavy atom. The van der Waals surface area contributed by atoms with E-state index in [-0.39, 0.29) is 12.5 Å². The van der Waals surface area contributed by atoms with Gasteiger partial charge in [-0.15, -0.1) is 0 Å². The quantitative estimate of drug-likeness (QED) is 0.735. The van der Waals surface area contributed by atoms with Crippen LogP contribution >= 0.6 is 0 Å². The summed E-state index contributed by atoms with van der Waals surface area (Å²) in [6.45, 7) is 4.54. The van der Waals surface area contributed by atoms with Crippen LogP contribution in [0.2, 0.25) is 0 Å². The molecule has 0 heterocycles. The SMILES string of the molecule is CCO[C@@H](CC(=O)O)c1ccc(O[C@@H]2CCc3c(CC)cccc32)cc1. The second-order valence-electron chi connectivity index (χ2n) is 6.59. The highest BCUT2D eigenvalue weighted by molar-refractivity contribution is 5.67. The molecule has 0 radical (unpaired) electrons. The zero-order chi connectivity index (χ0) is 18.5. The summed E-state index contributed by atoms with van der Waals surface area (Å²) in [5, 5.41) is 9.05. The molecule has 26 heavy (non-hydrogen) atoms. The number of hydrogen-bond donors (Lipinski definition) is 1. The second kappa shape index (κ2) is 8.37.